The van der Waals surface area contributed by atoms with Gasteiger partial charge in [0.2, 0.25) is 6.54 Å². The van der Waals surface area contributed by atoms with Crippen molar-refractivity contribution in [2.24, 2.45) is 0 Å². The van der Waals surface area contributed by atoms with Crippen molar-refractivity contribution in [2.45, 2.75) is 6.54 Å². The first-order valence-corrected chi connectivity index (χ1v) is 7.71. The van der Waals surface area contributed by atoms with Crippen LogP contribution in [0.1, 0.15) is 0 Å². The highest BCUT2D eigenvalue weighted by molar-refractivity contribution is 5.89. The Morgan fingerprint density at radius 1 is 0.960 bits per heavy atom. The Bertz CT molecular complexity index is 893. The molecule has 0 unspecified atom stereocenters. The number of nitrogens with one attached hydrogen (secondary N) is 1. The van der Waals surface area contributed by atoms with E-state index in [-0.39, 0.29) is 18.1 Å². The number of nitro groups is 1. The zero-order valence-corrected chi connectivity index (χ0v) is 13.3. The first-order chi connectivity index (χ1) is 12.1. The van der Waals surface area contributed by atoms with Gasteiger partial charge in [-0.15, -0.1) is 0 Å². The van der Waals surface area contributed by atoms with Crippen molar-refractivity contribution in [2.75, 3.05) is 5.32 Å². The van der Waals surface area contributed by atoms with Crippen LogP contribution in [0.2, 0.25) is 0 Å². The molecule has 1 N–H and O–H groups in total. The van der Waals surface area contributed by atoms with Gasteiger partial charge in [0.25, 0.3) is 11.6 Å². The Kier molecular flexibility index (Phi) is 4.80. The van der Waals surface area contributed by atoms with Crippen molar-refractivity contribution < 1.29 is 14.3 Å². The molecule has 0 saturated carbocycles. The zero-order chi connectivity index (χ0) is 17.6. The molecule has 0 radical (unpaired) electrons. The Hall–Kier alpha value is -3.54. The van der Waals surface area contributed by atoms with E-state index in [0.29, 0.717) is 5.69 Å². The number of amides is 1. The molecule has 2 aromatic carbocycles. The van der Waals surface area contributed by atoms with E-state index < -0.39 is 4.92 Å². The van der Waals surface area contributed by atoms with Gasteiger partial charge in [-0.25, -0.2) is 0 Å². The van der Waals surface area contributed by atoms with E-state index in [1.807, 2.05) is 54.9 Å². The van der Waals surface area contributed by atoms with Gasteiger partial charge in [-0.05, 0) is 23.8 Å². The molecule has 1 aromatic heterocycles. The summed E-state index contributed by atoms with van der Waals surface area (Å²) in [6.07, 6.45) is 3.73. The van der Waals surface area contributed by atoms with E-state index in [1.165, 1.54) is 24.3 Å². The third kappa shape index (κ3) is 4.26. The summed E-state index contributed by atoms with van der Waals surface area (Å²) in [4.78, 5) is 22.3. The minimum Gasteiger partial charge on any atom is -0.321 e. The second-order valence-electron chi connectivity index (χ2n) is 5.48. The Morgan fingerprint density at radius 2 is 1.64 bits per heavy atom. The lowest BCUT2D eigenvalue weighted by Gasteiger charge is -2.04. The van der Waals surface area contributed by atoms with E-state index >= 15 is 0 Å². The van der Waals surface area contributed by atoms with Crippen LogP contribution >= 0.6 is 0 Å². The smallest absolute Gasteiger partial charge is 0.290 e. The average molecular weight is 334 g/mol. The van der Waals surface area contributed by atoms with Crippen molar-refractivity contribution in [3.63, 3.8) is 0 Å². The average Bonchev–Trinajstić information content (AvgIpc) is 2.63. The molecule has 0 saturated heterocycles. The summed E-state index contributed by atoms with van der Waals surface area (Å²) in [5.74, 6) is -0.205. The van der Waals surface area contributed by atoms with Gasteiger partial charge in [-0.3, -0.25) is 14.9 Å². The highest BCUT2D eigenvalue weighted by Gasteiger charge is 2.12. The number of nitro benzene ring substituents is 1. The van der Waals surface area contributed by atoms with E-state index in [0.717, 1.165) is 11.1 Å². The molecule has 1 heterocycles. The summed E-state index contributed by atoms with van der Waals surface area (Å²) in [6, 6.07) is 19.5. The highest BCUT2D eigenvalue weighted by atomic mass is 16.6. The summed E-state index contributed by atoms with van der Waals surface area (Å²) < 4.78 is 1.79. The molecule has 0 aliphatic heterocycles. The summed E-state index contributed by atoms with van der Waals surface area (Å²) in [7, 11) is 0. The molecule has 0 aliphatic carbocycles. The van der Waals surface area contributed by atoms with Crippen LogP contribution in [0.25, 0.3) is 11.1 Å². The Balaban J connectivity index is 1.68. The number of benzene rings is 2. The minimum atomic E-state index is -0.476. The second kappa shape index (κ2) is 7.35. The number of aromatic nitrogens is 1. The van der Waals surface area contributed by atoms with Crippen LogP contribution in [0.3, 0.4) is 0 Å². The first-order valence-electron chi connectivity index (χ1n) is 7.71. The maximum absolute atomic E-state index is 12.2. The largest absolute Gasteiger partial charge is 0.321 e. The second-order valence-corrected chi connectivity index (χ2v) is 5.48. The number of non-ortho nitro benzene ring substituents is 1. The molecule has 3 aromatic rings. The number of anilines is 1. The fourth-order valence-electron chi connectivity index (χ4n) is 2.45. The topological polar surface area (TPSA) is 76.1 Å². The Morgan fingerprint density at radius 3 is 2.32 bits per heavy atom. The summed E-state index contributed by atoms with van der Waals surface area (Å²) in [5.41, 5.74) is 2.61. The van der Waals surface area contributed by atoms with Crippen LogP contribution in [0.5, 0.6) is 0 Å². The van der Waals surface area contributed by atoms with Crippen molar-refractivity contribution >= 4 is 17.3 Å². The van der Waals surface area contributed by atoms with Crippen LogP contribution in [-0.2, 0) is 11.3 Å². The molecule has 0 atom stereocenters. The van der Waals surface area contributed by atoms with Gasteiger partial charge >= 0.3 is 0 Å². The minimum absolute atomic E-state index is 0.0112. The fourth-order valence-corrected chi connectivity index (χ4v) is 2.45. The van der Waals surface area contributed by atoms with Gasteiger partial charge in [-0.1, -0.05) is 30.3 Å². The lowest BCUT2D eigenvalue weighted by Crippen LogP contribution is -2.39. The molecule has 124 valence electrons. The maximum atomic E-state index is 12.2. The highest BCUT2D eigenvalue weighted by Crippen LogP contribution is 2.17. The van der Waals surface area contributed by atoms with Crippen molar-refractivity contribution in [3.05, 3.63) is 89.2 Å². The number of hydrogen-bond acceptors (Lipinski definition) is 3. The molecule has 0 fully saturated rings. The monoisotopic (exact) mass is 334 g/mol. The van der Waals surface area contributed by atoms with E-state index in [2.05, 4.69) is 5.32 Å². The molecule has 0 spiro atoms. The van der Waals surface area contributed by atoms with Crippen LogP contribution in [0.15, 0.2) is 79.1 Å². The molecule has 6 nitrogen and oxygen atoms in total. The SMILES string of the molecule is O=C(C[n+]1cccc(-c2ccccc2)c1)Nc1ccc([N+](=O)[O-])cc1. The maximum Gasteiger partial charge on any atom is 0.290 e. The molecule has 25 heavy (non-hydrogen) atoms. The molecular weight excluding hydrogens is 318 g/mol. The summed E-state index contributed by atoms with van der Waals surface area (Å²) in [6.45, 7) is 0.150. The number of carbonyl (C=O) groups excluding carboxylic acids is 1. The number of carbonyl (C=O) groups is 1. The normalized spacial score (nSPS) is 10.2. The number of rotatable bonds is 5. The quantitative estimate of drug-likeness (QED) is 0.442. The summed E-state index contributed by atoms with van der Waals surface area (Å²) in [5, 5.41) is 13.4. The first kappa shape index (κ1) is 16.3. The van der Waals surface area contributed by atoms with Gasteiger partial charge in [0.05, 0.1) is 4.92 Å². The van der Waals surface area contributed by atoms with Gasteiger partial charge in [0.15, 0.2) is 12.4 Å². The lowest BCUT2D eigenvalue weighted by molar-refractivity contribution is -0.683. The van der Waals surface area contributed by atoms with Crippen LogP contribution in [-0.4, -0.2) is 10.8 Å². The van der Waals surface area contributed by atoms with Crippen LogP contribution < -0.4 is 9.88 Å². The molecule has 1 amide bonds. The molecule has 6 heteroatoms. The van der Waals surface area contributed by atoms with E-state index in [4.69, 9.17) is 0 Å². The number of pyridine rings is 1. The van der Waals surface area contributed by atoms with Gasteiger partial charge in [0.1, 0.15) is 0 Å². The number of hydrogen-bond donors (Lipinski definition) is 1. The molecular formula is C19H16N3O3+. The van der Waals surface area contributed by atoms with Crippen molar-refractivity contribution in [1.29, 1.82) is 0 Å². The van der Waals surface area contributed by atoms with Gasteiger partial charge < -0.3 is 5.32 Å². The third-order valence-corrected chi connectivity index (χ3v) is 3.65. The van der Waals surface area contributed by atoms with Crippen molar-refractivity contribution in [1.82, 2.24) is 0 Å². The molecule has 0 aliphatic rings. The summed E-state index contributed by atoms with van der Waals surface area (Å²) >= 11 is 0. The number of nitrogens with zero attached hydrogens (tertiary/aromatic N) is 2. The third-order valence-electron chi connectivity index (χ3n) is 3.65. The Labute approximate surface area is 144 Å². The van der Waals surface area contributed by atoms with Crippen LogP contribution in [0.4, 0.5) is 11.4 Å². The molecule has 0 bridgehead atoms. The van der Waals surface area contributed by atoms with E-state index in [9.17, 15) is 14.9 Å². The van der Waals surface area contributed by atoms with Crippen molar-refractivity contribution in [3.8, 4) is 11.1 Å². The van der Waals surface area contributed by atoms with E-state index in [1.54, 1.807) is 4.57 Å². The molecule has 3 rings (SSSR count). The van der Waals surface area contributed by atoms with Crippen LogP contribution in [0, 0.1) is 10.1 Å². The standard InChI is InChI=1S/C19H15N3O3/c23-19(20-17-8-10-18(11-9-17)22(24)25)14-21-12-4-7-16(13-21)15-5-2-1-3-6-15/h1-13H,14H2/p+1. The predicted molar refractivity (Wildman–Crippen MR) is 93.8 cm³/mol. The van der Waals surface area contributed by atoms with Gasteiger partial charge in [0, 0.05) is 29.4 Å². The fraction of sp³-hybridized carbons (Fsp3) is 0.0526. The van der Waals surface area contributed by atoms with Gasteiger partial charge in [-0.2, -0.15) is 4.57 Å². The zero-order valence-electron chi connectivity index (χ0n) is 13.3. The predicted octanol–water partition coefficient (Wildman–Crippen LogP) is 3.19. The lowest BCUT2D eigenvalue weighted by atomic mass is 10.1.